The van der Waals surface area contributed by atoms with E-state index in [9.17, 15) is 9.59 Å². The number of nitrogens with zero attached hydrogens (tertiary/aromatic N) is 1. The summed E-state index contributed by atoms with van der Waals surface area (Å²) in [6, 6.07) is 23.2. The van der Waals surface area contributed by atoms with Crippen LogP contribution in [0.3, 0.4) is 0 Å². The number of rotatable bonds is 3. The summed E-state index contributed by atoms with van der Waals surface area (Å²) in [5, 5.41) is 3.07. The van der Waals surface area contributed by atoms with Crippen LogP contribution in [0.4, 0.5) is 5.69 Å². The monoisotopic (exact) mass is 408 g/mol. The number of likely N-dealkylation sites (tertiary alicyclic amines) is 1. The fourth-order valence-corrected chi connectivity index (χ4v) is 5.48. The first kappa shape index (κ1) is 18.4. The van der Waals surface area contributed by atoms with Crippen LogP contribution >= 0.6 is 0 Å². The van der Waals surface area contributed by atoms with Crippen LogP contribution in [0.2, 0.25) is 0 Å². The Labute approximate surface area is 181 Å². The van der Waals surface area contributed by atoms with Crippen LogP contribution in [0.15, 0.2) is 66.7 Å². The molecule has 4 nitrogen and oxygen atoms in total. The third-order valence-corrected chi connectivity index (χ3v) is 7.06. The highest BCUT2D eigenvalue weighted by molar-refractivity contribution is 5.97. The molecule has 154 valence electrons. The van der Waals surface area contributed by atoms with Crippen molar-refractivity contribution in [3.63, 3.8) is 0 Å². The highest BCUT2D eigenvalue weighted by Gasteiger charge is 2.39. The summed E-state index contributed by atoms with van der Waals surface area (Å²) in [6.07, 6.45) is 2.98. The Balaban J connectivity index is 1.14. The molecule has 6 rings (SSSR count). The molecule has 1 aliphatic heterocycles. The van der Waals surface area contributed by atoms with Crippen molar-refractivity contribution in [3.8, 4) is 11.1 Å². The molecule has 0 bridgehead atoms. The van der Waals surface area contributed by atoms with E-state index in [4.69, 9.17) is 0 Å². The van der Waals surface area contributed by atoms with Gasteiger partial charge in [-0.2, -0.15) is 0 Å². The van der Waals surface area contributed by atoms with Gasteiger partial charge < -0.3 is 10.2 Å². The zero-order valence-corrected chi connectivity index (χ0v) is 17.3. The minimum atomic E-state index is -0.290. The van der Waals surface area contributed by atoms with Crippen molar-refractivity contribution < 1.29 is 9.59 Å². The molecule has 2 amide bonds. The van der Waals surface area contributed by atoms with Crippen molar-refractivity contribution in [1.29, 1.82) is 0 Å². The first-order valence-corrected chi connectivity index (χ1v) is 11.0. The van der Waals surface area contributed by atoms with E-state index >= 15 is 0 Å². The first-order chi connectivity index (χ1) is 15.2. The molecule has 3 aromatic carbocycles. The number of hydrogen-bond donors (Lipinski definition) is 1. The minimum absolute atomic E-state index is 0.0539. The topological polar surface area (TPSA) is 49.4 Å². The van der Waals surface area contributed by atoms with Crippen LogP contribution in [0.25, 0.3) is 11.1 Å². The average molecular weight is 409 g/mol. The Bertz CT molecular complexity index is 1190. The number of anilines is 1. The number of fused-ring (bicyclic) bond motifs is 4. The Morgan fingerprint density at radius 2 is 1.48 bits per heavy atom. The Kier molecular flexibility index (Phi) is 4.20. The fourth-order valence-electron chi connectivity index (χ4n) is 5.48. The number of nitrogens with one attached hydrogen (secondary N) is 1. The van der Waals surface area contributed by atoms with Crippen LogP contribution in [0, 0.1) is 5.92 Å². The molecule has 1 saturated heterocycles. The molecule has 1 N–H and O–H groups in total. The van der Waals surface area contributed by atoms with Crippen LogP contribution in [-0.2, 0) is 28.9 Å². The van der Waals surface area contributed by atoms with Crippen molar-refractivity contribution in [2.45, 2.75) is 31.7 Å². The molecule has 0 saturated carbocycles. The molecular weight excluding hydrogens is 384 g/mol. The Morgan fingerprint density at radius 1 is 0.806 bits per heavy atom. The highest BCUT2D eigenvalue weighted by Crippen LogP contribution is 2.38. The van der Waals surface area contributed by atoms with Crippen LogP contribution in [0.1, 0.15) is 28.7 Å². The normalized spacial score (nSPS) is 19.3. The predicted octanol–water partition coefficient (Wildman–Crippen LogP) is 4.21. The summed E-state index contributed by atoms with van der Waals surface area (Å²) < 4.78 is 0. The summed E-state index contributed by atoms with van der Waals surface area (Å²) in [7, 11) is 0. The van der Waals surface area contributed by atoms with Gasteiger partial charge in [0.2, 0.25) is 11.8 Å². The van der Waals surface area contributed by atoms with E-state index in [-0.39, 0.29) is 23.8 Å². The van der Waals surface area contributed by atoms with Crippen molar-refractivity contribution in [2.24, 2.45) is 5.92 Å². The number of hydrogen-bond acceptors (Lipinski definition) is 2. The molecule has 31 heavy (non-hydrogen) atoms. The zero-order valence-electron chi connectivity index (χ0n) is 17.3. The van der Waals surface area contributed by atoms with E-state index in [1.54, 1.807) is 0 Å². The van der Waals surface area contributed by atoms with E-state index < -0.39 is 0 Å². The van der Waals surface area contributed by atoms with Crippen LogP contribution in [-0.4, -0.2) is 29.3 Å². The third kappa shape index (κ3) is 3.14. The molecule has 1 atom stereocenters. The predicted molar refractivity (Wildman–Crippen MR) is 121 cm³/mol. The van der Waals surface area contributed by atoms with Crippen molar-refractivity contribution in [1.82, 2.24) is 4.90 Å². The maximum atomic E-state index is 13.0. The molecule has 3 aromatic rings. The van der Waals surface area contributed by atoms with Gasteiger partial charge in [0.05, 0.1) is 5.92 Å². The van der Waals surface area contributed by atoms with E-state index in [1.807, 2.05) is 11.0 Å². The molecule has 1 unspecified atom stereocenters. The second-order valence-electron chi connectivity index (χ2n) is 8.97. The van der Waals surface area contributed by atoms with Crippen molar-refractivity contribution >= 4 is 17.5 Å². The largest absolute Gasteiger partial charge is 0.338 e. The lowest BCUT2D eigenvalue weighted by atomic mass is 10.0. The fraction of sp³-hybridized carbons (Fsp3) is 0.259. The van der Waals surface area contributed by atoms with Crippen LogP contribution < -0.4 is 5.32 Å². The van der Waals surface area contributed by atoms with Gasteiger partial charge in [-0.05, 0) is 64.8 Å². The lowest BCUT2D eigenvalue weighted by Gasteiger charge is -2.24. The second-order valence-corrected chi connectivity index (χ2v) is 8.97. The number of carbonyl (C=O) groups excluding carboxylic acids is 2. The zero-order chi connectivity index (χ0) is 20.9. The summed E-state index contributed by atoms with van der Waals surface area (Å²) in [4.78, 5) is 27.6. The maximum absolute atomic E-state index is 13.0. The molecule has 4 heteroatoms. The molecule has 1 heterocycles. The molecule has 2 aliphatic carbocycles. The number of carbonyl (C=O) groups is 2. The lowest BCUT2D eigenvalue weighted by Crippen LogP contribution is -2.38. The minimum Gasteiger partial charge on any atom is -0.338 e. The highest BCUT2D eigenvalue weighted by atomic mass is 16.2. The van der Waals surface area contributed by atoms with Gasteiger partial charge in [0.25, 0.3) is 0 Å². The molecule has 1 fully saturated rings. The Morgan fingerprint density at radius 3 is 2.26 bits per heavy atom. The van der Waals surface area contributed by atoms with E-state index in [0.717, 1.165) is 24.9 Å². The standard InChI is InChI=1S/C27H24N2O2/c30-26-15-21(16-29(26)23-13-17-5-1-2-6-18(17)14-23)27(31)28-22-9-10-25-20(12-22)11-19-7-3-4-8-24(19)25/h1-10,12,21,23H,11,13-16H2,(H,28,31). The summed E-state index contributed by atoms with van der Waals surface area (Å²) in [5.74, 6) is -0.245. The second kappa shape index (κ2) is 7.09. The lowest BCUT2D eigenvalue weighted by molar-refractivity contribution is -0.129. The molecule has 0 radical (unpaired) electrons. The van der Waals surface area contributed by atoms with Gasteiger partial charge >= 0.3 is 0 Å². The molecule has 0 aromatic heterocycles. The van der Waals surface area contributed by atoms with Gasteiger partial charge in [-0.15, -0.1) is 0 Å². The number of benzene rings is 3. The van der Waals surface area contributed by atoms with Crippen molar-refractivity contribution in [3.05, 3.63) is 89.0 Å². The summed E-state index contributed by atoms with van der Waals surface area (Å²) in [6.45, 7) is 0.514. The quantitative estimate of drug-likeness (QED) is 0.552. The maximum Gasteiger partial charge on any atom is 0.229 e. The molecule has 3 aliphatic rings. The van der Waals surface area contributed by atoms with E-state index in [0.29, 0.717) is 13.0 Å². The van der Waals surface area contributed by atoms with Gasteiger partial charge in [0.15, 0.2) is 0 Å². The third-order valence-electron chi connectivity index (χ3n) is 7.06. The van der Waals surface area contributed by atoms with Gasteiger partial charge in [-0.3, -0.25) is 9.59 Å². The number of amides is 2. The SMILES string of the molecule is O=C(Nc1ccc2c(c1)Cc1ccccc1-2)C1CC(=O)N(C2Cc3ccccc3C2)C1. The van der Waals surface area contributed by atoms with Gasteiger partial charge in [0, 0.05) is 24.7 Å². The van der Waals surface area contributed by atoms with Crippen LogP contribution in [0.5, 0.6) is 0 Å². The molecule has 0 spiro atoms. The van der Waals surface area contributed by atoms with Gasteiger partial charge in [-0.1, -0.05) is 54.6 Å². The van der Waals surface area contributed by atoms with Crippen molar-refractivity contribution in [2.75, 3.05) is 11.9 Å². The average Bonchev–Trinajstić information content (AvgIpc) is 3.47. The smallest absolute Gasteiger partial charge is 0.229 e. The van der Waals surface area contributed by atoms with Gasteiger partial charge in [0.1, 0.15) is 0 Å². The summed E-state index contributed by atoms with van der Waals surface area (Å²) >= 11 is 0. The van der Waals surface area contributed by atoms with E-state index in [1.165, 1.54) is 33.4 Å². The first-order valence-electron chi connectivity index (χ1n) is 11.0. The summed E-state index contributed by atoms with van der Waals surface area (Å²) in [5.41, 5.74) is 8.57. The Hall–Kier alpha value is -3.40. The van der Waals surface area contributed by atoms with E-state index in [2.05, 4.69) is 66.0 Å². The molecular formula is C27H24N2O2. The van der Waals surface area contributed by atoms with Gasteiger partial charge in [-0.25, -0.2) is 0 Å².